The Labute approximate surface area is 124 Å². The zero-order valence-corrected chi connectivity index (χ0v) is 12.6. The molecule has 21 heavy (non-hydrogen) atoms. The van der Waals surface area contributed by atoms with Crippen molar-refractivity contribution >= 4 is 5.91 Å². The van der Waals surface area contributed by atoms with Gasteiger partial charge in [0, 0.05) is 18.7 Å². The Bertz CT molecular complexity index is 522. The van der Waals surface area contributed by atoms with Crippen molar-refractivity contribution < 1.29 is 13.6 Å². The second-order valence-corrected chi connectivity index (χ2v) is 6.05. The Kier molecular flexibility index (Phi) is 6.28. The van der Waals surface area contributed by atoms with Crippen LogP contribution in [0.5, 0.6) is 0 Å². The fourth-order valence-corrected chi connectivity index (χ4v) is 1.57. The number of hydrogen-bond donors (Lipinski definition) is 1. The van der Waals surface area contributed by atoms with E-state index in [9.17, 15) is 13.6 Å². The molecule has 0 aliphatic carbocycles. The zero-order valence-electron chi connectivity index (χ0n) is 12.6. The van der Waals surface area contributed by atoms with E-state index in [0.29, 0.717) is 18.5 Å². The van der Waals surface area contributed by atoms with Crippen LogP contribution in [0.2, 0.25) is 0 Å². The quantitative estimate of drug-likeness (QED) is 0.649. The average Bonchev–Trinajstić information content (AvgIpc) is 2.34. The maximum absolute atomic E-state index is 13.0. The molecule has 1 aromatic rings. The standard InChI is InChI=1S/C17H21F2NO/c1-17(2,3)12-20-16(21)8-6-4-5-7-13-9-14(18)11-15(19)10-13/h4-6,8-11H,7,12H2,1-3H3,(H,20,21)/b5-4+,8-6+. The largest absolute Gasteiger partial charge is 0.352 e. The minimum atomic E-state index is -0.587. The summed E-state index contributed by atoms with van der Waals surface area (Å²) in [7, 11) is 0. The Morgan fingerprint density at radius 2 is 1.76 bits per heavy atom. The lowest BCUT2D eigenvalue weighted by molar-refractivity contribution is -0.116. The van der Waals surface area contributed by atoms with Crippen molar-refractivity contribution in [3.05, 3.63) is 59.7 Å². The molecule has 0 aliphatic rings. The SMILES string of the molecule is CC(C)(C)CNC(=O)/C=C/C=C/Cc1cc(F)cc(F)c1. The van der Waals surface area contributed by atoms with E-state index < -0.39 is 11.6 Å². The highest BCUT2D eigenvalue weighted by Crippen LogP contribution is 2.10. The Hall–Kier alpha value is -1.97. The van der Waals surface area contributed by atoms with Crippen molar-refractivity contribution in [2.45, 2.75) is 27.2 Å². The van der Waals surface area contributed by atoms with Crippen LogP contribution in [0, 0.1) is 17.0 Å². The third-order valence-electron chi connectivity index (χ3n) is 2.56. The molecule has 1 rings (SSSR count). The van der Waals surface area contributed by atoms with Crippen LogP contribution in [0.3, 0.4) is 0 Å². The van der Waals surface area contributed by atoms with Crippen LogP contribution in [0.25, 0.3) is 0 Å². The summed E-state index contributed by atoms with van der Waals surface area (Å²) in [6, 6.07) is 3.41. The summed E-state index contributed by atoms with van der Waals surface area (Å²) in [6.45, 7) is 6.71. The highest BCUT2D eigenvalue weighted by Gasteiger charge is 2.10. The Morgan fingerprint density at radius 3 is 2.33 bits per heavy atom. The lowest BCUT2D eigenvalue weighted by atomic mass is 9.97. The first-order valence-corrected chi connectivity index (χ1v) is 6.82. The van der Waals surface area contributed by atoms with E-state index in [1.807, 2.05) is 20.8 Å². The molecule has 1 N–H and O–H groups in total. The van der Waals surface area contributed by atoms with Crippen molar-refractivity contribution in [3.8, 4) is 0 Å². The number of carbonyl (C=O) groups excluding carboxylic acids is 1. The summed E-state index contributed by atoms with van der Waals surface area (Å²) in [6.07, 6.45) is 6.85. The van der Waals surface area contributed by atoms with Crippen LogP contribution in [0.15, 0.2) is 42.5 Å². The van der Waals surface area contributed by atoms with E-state index in [-0.39, 0.29) is 11.3 Å². The van der Waals surface area contributed by atoms with Gasteiger partial charge in [-0.05, 0) is 29.5 Å². The molecular formula is C17H21F2NO. The lowest BCUT2D eigenvalue weighted by Gasteiger charge is -2.17. The van der Waals surface area contributed by atoms with E-state index in [0.717, 1.165) is 6.07 Å². The maximum atomic E-state index is 13.0. The van der Waals surface area contributed by atoms with Gasteiger partial charge in [-0.3, -0.25) is 4.79 Å². The van der Waals surface area contributed by atoms with E-state index in [1.54, 1.807) is 18.2 Å². The van der Waals surface area contributed by atoms with Gasteiger partial charge in [-0.25, -0.2) is 8.78 Å². The van der Waals surface area contributed by atoms with Gasteiger partial charge in [0.15, 0.2) is 0 Å². The third-order valence-corrected chi connectivity index (χ3v) is 2.56. The fourth-order valence-electron chi connectivity index (χ4n) is 1.57. The summed E-state index contributed by atoms with van der Waals surface area (Å²) >= 11 is 0. The molecule has 0 bridgehead atoms. The van der Waals surface area contributed by atoms with Gasteiger partial charge in [-0.15, -0.1) is 0 Å². The molecule has 1 aromatic carbocycles. The predicted octanol–water partition coefficient (Wildman–Crippen LogP) is 3.78. The molecule has 0 spiro atoms. The van der Waals surface area contributed by atoms with Crippen LogP contribution in [-0.4, -0.2) is 12.5 Å². The van der Waals surface area contributed by atoms with Crippen molar-refractivity contribution in [1.29, 1.82) is 0 Å². The van der Waals surface area contributed by atoms with E-state index >= 15 is 0 Å². The van der Waals surface area contributed by atoms with Gasteiger partial charge in [0.2, 0.25) is 5.91 Å². The molecule has 0 radical (unpaired) electrons. The van der Waals surface area contributed by atoms with Gasteiger partial charge in [0.05, 0.1) is 0 Å². The molecule has 114 valence electrons. The van der Waals surface area contributed by atoms with Crippen LogP contribution in [-0.2, 0) is 11.2 Å². The van der Waals surface area contributed by atoms with Gasteiger partial charge in [-0.1, -0.05) is 39.0 Å². The van der Waals surface area contributed by atoms with Crippen molar-refractivity contribution in [2.24, 2.45) is 5.41 Å². The van der Waals surface area contributed by atoms with Crippen LogP contribution in [0.4, 0.5) is 8.78 Å². The zero-order chi connectivity index (χ0) is 15.9. The summed E-state index contributed by atoms with van der Waals surface area (Å²) < 4.78 is 25.9. The Morgan fingerprint density at radius 1 is 1.14 bits per heavy atom. The molecule has 0 unspecified atom stereocenters. The number of allylic oxidation sites excluding steroid dienone is 3. The minimum absolute atomic E-state index is 0.0425. The number of carbonyl (C=O) groups is 1. The molecule has 0 saturated heterocycles. The molecule has 1 amide bonds. The number of benzene rings is 1. The molecule has 0 aromatic heterocycles. The number of rotatable bonds is 5. The third kappa shape index (κ3) is 8.02. The molecule has 2 nitrogen and oxygen atoms in total. The molecule has 0 heterocycles. The molecule has 0 saturated carbocycles. The lowest BCUT2D eigenvalue weighted by Crippen LogP contribution is -2.30. The number of amides is 1. The normalized spacial score (nSPS) is 12.2. The Balaban J connectivity index is 2.40. The second-order valence-electron chi connectivity index (χ2n) is 6.05. The summed E-state index contributed by atoms with van der Waals surface area (Å²) in [5.74, 6) is -1.34. The summed E-state index contributed by atoms with van der Waals surface area (Å²) in [5.41, 5.74) is 0.593. The first-order valence-electron chi connectivity index (χ1n) is 6.82. The highest BCUT2D eigenvalue weighted by molar-refractivity contribution is 5.87. The molecule has 0 aliphatic heterocycles. The number of hydrogen-bond acceptors (Lipinski definition) is 1. The molecule has 4 heteroatoms. The fraction of sp³-hybridized carbons (Fsp3) is 0.353. The first-order chi connectivity index (χ1) is 9.76. The van der Waals surface area contributed by atoms with E-state index in [2.05, 4.69) is 5.32 Å². The summed E-state index contributed by atoms with van der Waals surface area (Å²) in [4.78, 5) is 11.5. The van der Waals surface area contributed by atoms with Crippen LogP contribution >= 0.6 is 0 Å². The van der Waals surface area contributed by atoms with Crippen LogP contribution in [0.1, 0.15) is 26.3 Å². The van der Waals surface area contributed by atoms with Crippen molar-refractivity contribution in [3.63, 3.8) is 0 Å². The number of halogens is 2. The van der Waals surface area contributed by atoms with E-state index in [4.69, 9.17) is 0 Å². The van der Waals surface area contributed by atoms with Gasteiger partial charge >= 0.3 is 0 Å². The first kappa shape index (κ1) is 17.1. The van der Waals surface area contributed by atoms with Crippen LogP contribution < -0.4 is 5.32 Å². The predicted molar refractivity (Wildman–Crippen MR) is 80.8 cm³/mol. The summed E-state index contributed by atoms with van der Waals surface area (Å²) in [5, 5.41) is 2.79. The van der Waals surface area contributed by atoms with Gasteiger partial charge in [-0.2, -0.15) is 0 Å². The van der Waals surface area contributed by atoms with Gasteiger partial charge < -0.3 is 5.32 Å². The topological polar surface area (TPSA) is 29.1 Å². The monoisotopic (exact) mass is 293 g/mol. The van der Waals surface area contributed by atoms with Crippen molar-refractivity contribution in [1.82, 2.24) is 5.32 Å². The molecular weight excluding hydrogens is 272 g/mol. The smallest absolute Gasteiger partial charge is 0.243 e. The van der Waals surface area contributed by atoms with Gasteiger partial charge in [0.25, 0.3) is 0 Å². The number of nitrogens with one attached hydrogen (secondary N) is 1. The second kappa shape index (κ2) is 7.72. The molecule has 0 fully saturated rings. The maximum Gasteiger partial charge on any atom is 0.243 e. The van der Waals surface area contributed by atoms with E-state index in [1.165, 1.54) is 18.2 Å². The minimum Gasteiger partial charge on any atom is -0.352 e. The highest BCUT2D eigenvalue weighted by atomic mass is 19.1. The molecule has 0 atom stereocenters. The average molecular weight is 293 g/mol. The van der Waals surface area contributed by atoms with Crippen molar-refractivity contribution in [2.75, 3.05) is 6.54 Å². The van der Waals surface area contributed by atoms with Gasteiger partial charge in [0.1, 0.15) is 11.6 Å².